The summed E-state index contributed by atoms with van der Waals surface area (Å²) in [6.45, 7) is 0. The minimum absolute atomic E-state index is 0.159. The second kappa shape index (κ2) is 4.11. The predicted molar refractivity (Wildman–Crippen MR) is 78.7 cm³/mol. The lowest BCUT2D eigenvalue weighted by Crippen LogP contribution is -2.11. The van der Waals surface area contributed by atoms with Crippen LogP contribution in [0.25, 0.3) is 0 Å². The number of fused-ring (bicyclic) bond motifs is 2. The van der Waals surface area contributed by atoms with Gasteiger partial charge in [-0.2, -0.15) is 0 Å². The van der Waals surface area contributed by atoms with Crippen LogP contribution in [0.3, 0.4) is 0 Å². The summed E-state index contributed by atoms with van der Waals surface area (Å²) in [5.74, 6) is -0.693. The van der Waals surface area contributed by atoms with Crippen LogP contribution in [-0.4, -0.2) is 11.6 Å². The normalized spacial score (nSPS) is 18.7. The monoisotopic (exact) mass is 294 g/mol. The molecule has 6 nitrogen and oxygen atoms in total. The van der Waals surface area contributed by atoms with Crippen molar-refractivity contribution in [2.24, 2.45) is 0 Å². The predicted octanol–water partition coefficient (Wildman–Crippen LogP) is 1.91. The number of allylic oxidation sites excluding steroid dienone is 2. The van der Waals surface area contributed by atoms with Crippen LogP contribution >= 0.6 is 0 Å². The van der Waals surface area contributed by atoms with Gasteiger partial charge in [-0.05, 0) is 24.3 Å². The lowest BCUT2D eigenvalue weighted by molar-refractivity contribution is 0.0960. The molecule has 0 saturated heterocycles. The Morgan fingerprint density at radius 2 is 1.09 bits per heavy atom. The van der Waals surface area contributed by atoms with Crippen LogP contribution in [0, 0.1) is 0 Å². The van der Waals surface area contributed by atoms with Crippen molar-refractivity contribution < 1.29 is 19.1 Å². The van der Waals surface area contributed by atoms with Crippen molar-refractivity contribution >= 4 is 22.9 Å². The molecule has 22 heavy (non-hydrogen) atoms. The van der Waals surface area contributed by atoms with Gasteiger partial charge in [0.2, 0.25) is 23.1 Å². The minimum Gasteiger partial charge on any atom is -0.446 e. The molecule has 2 aliphatic rings. The standard InChI is InChI=1S/C16H10N2O4/c17-9-5-1-3-7-11(19)15(21-13(7)9)16-12(20)8-4-2-6-10(18)14(8)22-16/h1-6H,17-18H2. The molecular weight excluding hydrogens is 284 g/mol. The first kappa shape index (κ1) is 12.5. The number of rotatable bonds is 0. The fourth-order valence-corrected chi connectivity index (χ4v) is 2.54. The molecule has 0 amide bonds. The first-order valence-electron chi connectivity index (χ1n) is 6.54. The number of anilines is 2. The Morgan fingerprint density at radius 1 is 0.682 bits per heavy atom. The molecule has 0 bridgehead atoms. The van der Waals surface area contributed by atoms with E-state index in [0.717, 1.165) is 0 Å². The van der Waals surface area contributed by atoms with Gasteiger partial charge < -0.3 is 20.9 Å². The maximum absolute atomic E-state index is 12.4. The van der Waals surface area contributed by atoms with E-state index in [9.17, 15) is 9.59 Å². The maximum atomic E-state index is 12.4. The number of carbonyl (C=O) groups is 2. The highest BCUT2D eigenvalue weighted by atomic mass is 16.5. The zero-order chi connectivity index (χ0) is 15.4. The molecule has 2 heterocycles. The summed E-state index contributed by atoms with van der Waals surface area (Å²) in [5.41, 5.74) is 12.8. The summed E-state index contributed by atoms with van der Waals surface area (Å²) in [6, 6.07) is 9.69. The first-order valence-corrected chi connectivity index (χ1v) is 6.54. The number of nitrogen functional groups attached to an aromatic ring is 2. The molecule has 0 saturated carbocycles. The molecule has 2 aromatic carbocycles. The number of ketones is 2. The molecule has 0 atom stereocenters. The summed E-state index contributed by atoms with van der Waals surface area (Å²) in [4.78, 5) is 24.8. The van der Waals surface area contributed by atoms with Crippen molar-refractivity contribution in [2.75, 3.05) is 11.5 Å². The largest absolute Gasteiger partial charge is 0.446 e. The second-order valence-electron chi connectivity index (χ2n) is 4.97. The third-order valence-electron chi connectivity index (χ3n) is 3.61. The number of Topliss-reactive ketones (excluding diaryl/α,β-unsaturated/α-hetero) is 2. The third kappa shape index (κ3) is 1.49. The van der Waals surface area contributed by atoms with E-state index >= 15 is 0 Å². The number of carbonyl (C=O) groups excluding carboxylic acids is 2. The van der Waals surface area contributed by atoms with Crippen LogP contribution in [0.4, 0.5) is 11.4 Å². The summed E-state index contributed by atoms with van der Waals surface area (Å²) in [7, 11) is 0. The molecule has 6 heteroatoms. The van der Waals surface area contributed by atoms with Crippen molar-refractivity contribution in [3.8, 4) is 11.5 Å². The second-order valence-corrected chi connectivity index (χ2v) is 4.97. The Balaban J connectivity index is 1.86. The molecule has 4 N–H and O–H groups in total. The summed E-state index contributed by atoms with van der Waals surface area (Å²) < 4.78 is 11.0. The van der Waals surface area contributed by atoms with Gasteiger partial charge in [0.1, 0.15) is 0 Å². The first-order chi connectivity index (χ1) is 10.6. The van der Waals surface area contributed by atoms with E-state index in [-0.39, 0.29) is 23.0 Å². The summed E-state index contributed by atoms with van der Waals surface area (Å²) in [5, 5.41) is 0. The number of hydrogen-bond donors (Lipinski definition) is 2. The highest BCUT2D eigenvalue weighted by Crippen LogP contribution is 2.42. The molecule has 0 unspecified atom stereocenters. The molecule has 0 fully saturated rings. The molecule has 0 aliphatic carbocycles. The topological polar surface area (TPSA) is 105 Å². The molecule has 2 aromatic rings. The van der Waals surface area contributed by atoms with Crippen molar-refractivity contribution in [1.29, 1.82) is 0 Å². The zero-order valence-corrected chi connectivity index (χ0v) is 11.3. The lowest BCUT2D eigenvalue weighted by Gasteiger charge is -2.04. The van der Waals surface area contributed by atoms with Crippen molar-refractivity contribution in [1.82, 2.24) is 0 Å². The minimum atomic E-state index is -0.433. The van der Waals surface area contributed by atoms with Gasteiger partial charge >= 0.3 is 0 Å². The van der Waals surface area contributed by atoms with Crippen LogP contribution in [0.2, 0.25) is 0 Å². The van der Waals surface area contributed by atoms with Crippen LogP contribution in [-0.2, 0) is 0 Å². The van der Waals surface area contributed by atoms with Crippen LogP contribution in [0.15, 0.2) is 47.9 Å². The number of benzene rings is 2. The Bertz CT molecular complexity index is 826. The van der Waals surface area contributed by atoms with Crippen LogP contribution in [0.1, 0.15) is 20.7 Å². The van der Waals surface area contributed by atoms with Crippen molar-refractivity contribution in [3.63, 3.8) is 0 Å². The average molecular weight is 294 g/mol. The van der Waals surface area contributed by atoms with E-state index < -0.39 is 11.6 Å². The van der Waals surface area contributed by atoms with E-state index in [2.05, 4.69) is 0 Å². The zero-order valence-electron chi connectivity index (χ0n) is 11.3. The molecule has 0 aromatic heterocycles. The van der Waals surface area contributed by atoms with E-state index in [0.29, 0.717) is 22.5 Å². The lowest BCUT2D eigenvalue weighted by atomic mass is 10.1. The Kier molecular flexibility index (Phi) is 2.33. The molecule has 0 radical (unpaired) electrons. The van der Waals surface area contributed by atoms with Crippen LogP contribution < -0.4 is 20.9 Å². The molecular formula is C16H10N2O4. The van der Waals surface area contributed by atoms with E-state index in [1.807, 2.05) is 0 Å². The van der Waals surface area contributed by atoms with Gasteiger partial charge in [-0.3, -0.25) is 9.59 Å². The molecule has 4 rings (SSSR count). The van der Waals surface area contributed by atoms with Gasteiger partial charge in [0.25, 0.3) is 0 Å². The van der Waals surface area contributed by atoms with Gasteiger partial charge in [0, 0.05) is 0 Å². The van der Waals surface area contributed by atoms with E-state index in [1.165, 1.54) is 0 Å². The van der Waals surface area contributed by atoms with Crippen LogP contribution in [0.5, 0.6) is 11.5 Å². The highest BCUT2D eigenvalue weighted by Gasteiger charge is 2.40. The summed E-state index contributed by atoms with van der Waals surface area (Å²) in [6.07, 6.45) is 0. The van der Waals surface area contributed by atoms with Gasteiger partial charge in [-0.15, -0.1) is 0 Å². The SMILES string of the molecule is Nc1cccc2c1OC(=C1Oc3c(N)cccc3C1=O)C2=O. The smallest absolute Gasteiger partial charge is 0.236 e. The Hall–Kier alpha value is -3.28. The van der Waals surface area contributed by atoms with Gasteiger partial charge in [-0.1, -0.05) is 12.1 Å². The van der Waals surface area contributed by atoms with Gasteiger partial charge in [0.15, 0.2) is 11.5 Å². The van der Waals surface area contributed by atoms with Gasteiger partial charge in [0.05, 0.1) is 22.5 Å². The van der Waals surface area contributed by atoms with Gasteiger partial charge in [-0.25, -0.2) is 0 Å². The Labute approximate surface area is 124 Å². The fourth-order valence-electron chi connectivity index (χ4n) is 2.54. The fraction of sp³-hybridized carbons (Fsp3) is 0. The molecule has 2 aliphatic heterocycles. The molecule has 0 spiro atoms. The number of ether oxygens (including phenoxy) is 2. The third-order valence-corrected chi connectivity index (χ3v) is 3.61. The molecule has 108 valence electrons. The van der Waals surface area contributed by atoms with Crippen molar-refractivity contribution in [3.05, 3.63) is 59.0 Å². The highest BCUT2D eigenvalue weighted by molar-refractivity contribution is 6.21. The average Bonchev–Trinajstić information content (AvgIpc) is 3.01. The quantitative estimate of drug-likeness (QED) is 0.568. The number of para-hydroxylation sites is 2. The number of nitrogens with two attached hydrogens (primary N) is 2. The van der Waals surface area contributed by atoms with Crippen molar-refractivity contribution in [2.45, 2.75) is 0 Å². The van der Waals surface area contributed by atoms with E-state index in [1.54, 1.807) is 36.4 Å². The van der Waals surface area contributed by atoms with E-state index in [4.69, 9.17) is 20.9 Å². The maximum Gasteiger partial charge on any atom is 0.236 e. The number of hydrogen-bond acceptors (Lipinski definition) is 6. The Morgan fingerprint density at radius 3 is 1.45 bits per heavy atom. The summed E-state index contributed by atoms with van der Waals surface area (Å²) >= 11 is 0.